The van der Waals surface area contributed by atoms with E-state index in [1.54, 1.807) is 18.3 Å². The van der Waals surface area contributed by atoms with Gasteiger partial charge in [-0.3, -0.25) is 4.99 Å². The maximum Gasteiger partial charge on any atom is 0.179 e. The van der Waals surface area contributed by atoms with Gasteiger partial charge >= 0.3 is 0 Å². The van der Waals surface area contributed by atoms with E-state index in [9.17, 15) is 4.39 Å². The van der Waals surface area contributed by atoms with Gasteiger partial charge in [0.05, 0.1) is 29.2 Å². The summed E-state index contributed by atoms with van der Waals surface area (Å²) in [6, 6.07) is 6.98. The van der Waals surface area contributed by atoms with E-state index >= 15 is 0 Å². The van der Waals surface area contributed by atoms with Crippen LogP contribution in [0.15, 0.2) is 41.0 Å². The Bertz CT molecular complexity index is 1300. The molecule has 176 valence electrons. The van der Waals surface area contributed by atoms with Crippen LogP contribution in [0.25, 0.3) is 22.4 Å². The molecule has 1 aliphatic carbocycles. The molecule has 3 heterocycles. The Labute approximate surface area is 203 Å². The quantitative estimate of drug-likeness (QED) is 0.492. The standard InChI is InChI=1S/C26H27ClFN5O/c1-14-15(2)32-26-25(31-14)21(11-23(33-26)20-6-3-18(27)10-22(20)28)16-7-8-34-24(9-16)17(12-29)13-30-19-4-5-19/h3,6,10-13,16,19,24H,4-5,7-9,29H2,1-2H3/b17-12+,30-13?/t16?,24-/m1/s1. The van der Waals surface area contributed by atoms with E-state index in [1.165, 1.54) is 6.07 Å². The molecular formula is C26H27ClFN5O. The zero-order valence-electron chi connectivity index (χ0n) is 19.3. The molecule has 0 radical (unpaired) electrons. The Morgan fingerprint density at radius 3 is 2.68 bits per heavy atom. The van der Waals surface area contributed by atoms with Crippen molar-refractivity contribution < 1.29 is 9.13 Å². The fourth-order valence-electron chi connectivity index (χ4n) is 4.33. The van der Waals surface area contributed by atoms with E-state index in [0.717, 1.165) is 53.7 Å². The van der Waals surface area contributed by atoms with Gasteiger partial charge in [0, 0.05) is 35.2 Å². The molecule has 0 amide bonds. The highest BCUT2D eigenvalue weighted by molar-refractivity contribution is 6.30. The summed E-state index contributed by atoms with van der Waals surface area (Å²) in [7, 11) is 0. The Morgan fingerprint density at radius 2 is 1.94 bits per heavy atom. The minimum atomic E-state index is -0.420. The van der Waals surface area contributed by atoms with Gasteiger partial charge in [0.25, 0.3) is 0 Å². The summed E-state index contributed by atoms with van der Waals surface area (Å²) < 4.78 is 20.9. The van der Waals surface area contributed by atoms with Crippen LogP contribution in [0, 0.1) is 19.7 Å². The van der Waals surface area contributed by atoms with Crippen molar-refractivity contribution in [2.75, 3.05) is 6.61 Å². The van der Waals surface area contributed by atoms with Crippen LogP contribution >= 0.6 is 11.6 Å². The normalized spacial score (nSPS) is 21.5. The lowest BCUT2D eigenvalue weighted by atomic mass is 9.85. The van der Waals surface area contributed by atoms with Crippen molar-refractivity contribution in [3.63, 3.8) is 0 Å². The number of ether oxygens (including phenoxy) is 1. The van der Waals surface area contributed by atoms with Crippen LogP contribution in [0.1, 0.15) is 48.6 Å². The first kappa shape index (κ1) is 22.9. The highest BCUT2D eigenvalue weighted by Gasteiger charge is 2.29. The molecule has 1 unspecified atom stereocenters. The summed E-state index contributed by atoms with van der Waals surface area (Å²) in [5.41, 5.74) is 11.6. The topological polar surface area (TPSA) is 86.3 Å². The summed E-state index contributed by atoms with van der Waals surface area (Å²) in [6.45, 7) is 4.42. The van der Waals surface area contributed by atoms with E-state index in [1.807, 2.05) is 26.1 Å². The van der Waals surface area contributed by atoms with Crippen LogP contribution in [-0.2, 0) is 4.74 Å². The number of nitrogens with two attached hydrogens (primary N) is 1. The smallest absolute Gasteiger partial charge is 0.179 e. The number of hydrogen-bond donors (Lipinski definition) is 1. The molecule has 0 spiro atoms. The number of aryl methyl sites for hydroxylation is 2. The summed E-state index contributed by atoms with van der Waals surface area (Å²) in [5, 5.41) is 0.342. The van der Waals surface area contributed by atoms with Gasteiger partial charge in [0.1, 0.15) is 11.3 Å². The number of nitrogens with zero attached hydrogens (tertiary/aromatic N) is 4. The van der Waals surface area contributed by atoms with Gasteiger partial charge in [-0.1, -0.05) is 11.6 Å². The van der Waals surface area contributed by atoms with Crippen LogP contribution in [0.4, 0.5) is 4.39 Å². The van der Waals surface area contributed by atoms with E-state index in [0.29, 0.717) is 34.6 Å². The van der Waals surface area contributed by atoms with Crippen LogP contribution in [-0.4, -0.2) is 39.9 Å². The third-order valence-electron chi connectivity index (χ3n) is 6.56. The van der Waals surface area contributed by atoms with Gasteiger partial charge < -0.3 is 10.5 Å². The molecule has 8 heteroatoms. The minimum Gasteiger partial charge on any atom is -0.404 e. The van der Waals surface area contributed by atoms with Crippen molar-refractivity contribution in [2.24, 2.45) is 10.7 Å². The van der Waals surface area contributed by atoms with Crippen LogP contribution in [0.3, 0.4) is 0 Å². The van der Waals surface area contributed by atoms with Crippen molar-refractivity contribution in [3.8, 4) is 11.3 Å². The molecule has 34 heavy (non-hydrogen) atoms. The maximum atomic E-state index is 14.8. The first-order valence-corrected chi connectivity index (χ1v) is 12.0. The maximum absolute atomic E-state index is 14.8. The number of aliphatic imine (C=N–C) groups is 1. The molecule has 2 atom stereocenters. The van der Waals surface area contributed by atoms with Crippen LogP contribution < -0.4 is 5.73 Å². The average molecular weight is 480 g/mol. The predicted octanol–water partition coefficient (Wildman–Crippen LogP) is 5.44. The second kappa shape index (κ2) is 9.39. The number of pyridine rings is 1. The Morgan fingerprint density at radius 1 is 1.15 bits per heavy atom. The molecule has 5 rings (SSSR count). The average Bonchev–Trinajstić information content (AvgIpc) is 3.64. The summed E-state index contributed by atoms with van der Waals surface area (Å²) in [5.74, 6) is -0.296. The van der Waals surface area contributed by atoms with Crippen LogP contribution in [0.2, 0.25) is 5.02 Å². The number of halogens is 2. The fraction of sp³-hybridized carbons (Fsp3) is 0.385. The number of rotatable bonds is 5. The number of aromatic nitrogens is 3. The Balaban J connectivity index is 1.57. The third-order valence-corrected chi connectivity index (χ3v) is 6.79. The lowest BCUT2D eigenvalue weighted by Crippen LogP contribution is -2.28. The van der Waals surface area contributed by atoms with Gasteiger partial charge in [0.15, 0.2) is 5.65 Å². The molecule has 1 aliphatic heterocycles. The molecule has 3 aromatic rings. The van der Waals surface area contributed by atoms with Crippen molar-refractivity contribution in [1.29, 1.82) is 0 Å². The molecular weight excluding hydrogens is 453 g/mol. The zero-order valence-corrected chi connectivity index (χ0v) is 20.0. The zero-order chi connectivity index (χ0) is 23.8. The molecule has 2 aliphatic rings. The molecule has 2 fully saturated rings. The Kier molecular flexibility index (Phi) is 6.32. The SMILES string of the molecule is Cc1nc2nc(-c3ccc(Cl)cc3F)cc(C3CCO[C@@H](/C(C=NC4CC4)=C/N)C3)c2nc1C. The summed E-state index contributed by atoms with van der Waals surface area (Å²) in [4.78, 5) is 18.8. The Hall–Kier alpha value is -2.90. The molecule has 1 saturated carbocycles. The monoisotopic (exact) mass is 479 g/mol. The fourth-order valence-corrected chi connectivity index (χ4v) is 4.49. The molecule has 0 bridgehead atoms. The summed E-state index contributed by atoms with van der Waals surface area (Å²) >= 11 is 5.98. The van der Waals surface area contributed by atoms with Gasteiger partial charge in [-0.2, -0.15) is 0 Å². The first-order chi connectivity index (χ1) is 16.4. The molecule has 1 aromatic carbocycles. The van der Waals surface area contributed by atoms with E-state index in [4.69, 9.17) is 27.1 Å². The van der Waals surface area contributed by atoms with Gasteiger partial charge in [-0.05, 0) is 75.3 Å². The lowest BCUT2D eigenvalue weighted by molar-refractivity contribution is 0.0329. The number of benzene rings is 1. The predicted molar refractivity (Wildman–Crippen MR) is 133 cm³/mol. The van der Waals surface area contributed by atoms with Gasteiger partial charge in [-0.15, -0.1) is 0 Å². The van der Waals surface area contributed by atoms with Crippen molar-refractivity contribution in [3.05, 3.63) is 63.8 Å². The van der Waals surface area contributed by atoms with Crippen molar-refractivity contribution in [1.82, 2.24) is 15.0 Å². The van der Waals surface area contributed by atoms with Crippen molar-refractivity contribution in [2.45, 2.75) is 57.6 Å². The second-order valence-corrected chi connectivity index (χ2v) is 9.48. The summed E-state index contributed by atoms with van der Waals surface area (Å²) in [6.07, 6.45) is 7.08. The molecule has 2 N–H and O–H groups in total. The third kappa shape index (κ3) is 4.68. The molecule has 2 aromatic heterocycles. The van der Waals surface area contributed by atoms with E-state index in [-0.39, 0.29) is 12.0 Å². The lowest BCUT2D eigenvalue weighted by Gasteiger charge is -2.31. The second-order valence-electron chi connectivity index (χ2n) is 9.04. The number of fused-ring (bicyclic) bond motifs is 1. The largest absolute Gasteiger partial charge is 0.404 e. The first-order valence-electron chi connectivity index (χ1n) is 11.6. The molecule has 1 saturated heterocycles. The highest BCUT2D eigenvalue weighted by atomic mass is 35.5. The minimum absolute atomic E-state index is 0.124. The van der Waals surface area contributed by atoms with Gasteiger partial charge in [0.2, 0.25) is 0 Å². The highest BCUT2D eigenvalue weighted by Crippen LogP contribution is 2.38. The van der Waals surface area contributed by atoms with Gasteiger partial charge in [-0.25, -0.2) is 19.3 Å². The van der Waals surface area contributed by atoms with Crippen LogP contribution in [0.5, 0.6) is 0 Å². The van der Waals surface area contributed by atoms with E-state index < -0.39 is 5.82 Å². The van der Waals surface area contributed by atoms with E-state index in [2.05, 4.69) is 15.0 Å². The van der Waals surface area contributed by atoms with Crippen molar-refractivity contribution >= 4 is 29.0 Å². The molecule has 6 nitrogen and oxygen atoms in total. The number of hydrogen-bond acceptors (Lipinski definition) is 6.